The van der Waals surface area contributed by atoms with Gasteiger partial charge in [-0.25, -0.2) is 0 Å². The van der Waals surface area contributed by atoms with E-state index in [1.54, 1.807) is 11.1 Å². The first-order chi connectivity index (χ1) is 6.79. The van der Waals surface area contributed by atoms with Crippen LogP contribution in [-0.2, 0) is 0 Å². The third kappa shape index (κ3) is 2.50. The molecule has 0 heterocycles. The van der Waals surface area contributed by atoms with Crippen molar-refractivity contribution in [3.8, 4) is 0 Å². The highest BCUT2D eigenvalue weighted by Gasteiger charge is 2.24. The van der Waals surface area contributed by atoms with Gasteiger partial charge in [-0.2, -0.15) is 0 Å². The highest BCUT2D eigenvalue weighted by atomic mass is 14.3. The molecule has 0 saturated heterocycles. The van der Waals surface area contributed by atoms with Gasteiger partial charge in [-0.1, -0.05) is 23.3 Å². The third-order valence-electron chi connectivity index (χ3n) is 3.85. The molecule has 78 valence electrons. The lowest BCUT2D eigenvalue weighted by molar-refractivity contribution is 0.524. The molecular formula is C14H22. The van der Waals surface area contributed by atoms with Crippen molar-refractivity contribution in [1.29, 1.82) is 0 Å². The Morgan fingerprint density at radius 2 is 2.21 bits per heavy atom. The van der Waals surface area contributed by atoms with E-state index in [0.29, 0.717) is 0 Å². The molecule has 0 heteroatoms. The van der Waals surface area contributed by atoms with Crippen LogP contribution in [0, 0.1) is 11.8 Å². The SMILES string of the molecule is CC=C(C)C1CC=C(CC2CC2)CC1. The van der Waals surface area contributed by atoms with Crippen LogP contribution >= 0.6 is 0 Å². The summed E-state index contributed by atoms with van der Waals surface area (Å²) < 4.78 is 0. The highest BCUT2D eigenvalue weighted by molar-refractivity contribution is 5.14. The summed E-state index contributed by atoms with van der Waals surface area (Å²) in [5, 5.41) is 0. The molecule has 1 atom stereocenters. The van der Waals surface area contributed by atoms with Crippen LogP contribution in [0.2, 0.25) is 0 Å². The van der Waals surface area contributed by atoms with Gasteiger partial charge in [0.2, 0.25) is 0 Å². The predicted octanol–water partition coefficient (Wildman–Crippen LogP) is 4.48. The average molecular weight is 190 g/mol. The summed E-state index contributed by atoms with van der Waals surface area (Å²) >= 11 is 0. The maximum Gasteiger partial charge on any atom is -0.0168 e. The van der Waals surface area contributed by atoms with Gasteiger partial charge in [0.05, 0.1) is 0 Å². The monoisotopic (exact) mass is 190 g/mol. The van der Waals surface area contributed by atoms with Crippen LogP contribution < -0.4 is 0 Å². The van der Waals surface area contributed by atoms with Crippen molar-refractivity contribution >= 4 is 0 Å². The van der Waals surface area contributed by atoms with Gasteiger partial charge in [-0.05, 0) is 64.2 Å². The lowest BCUT2D eigenvalue weighted by atomic mass is 9.83. The van der Waals surface area contributed by atoms with Crippen LogP contribution in [0.1, 0.15) is 52.4 Å². The number of allylic oxidation sites excluding steroid dienone is 4. The average Bonchev–Trinajstić information content (AvgIpc) is 3.02. The van der Waals surface area contributed by atoms with E-state index in [2.05, 4.69) is 26.0 Å². The zero-order valence-electron chi connectivity index (χ0n) is 9.55. The lowest BCUT2D eigenvalue weighted by Gasteiger charge is -2.22. The summed E-state index contributed by atoms with van der Waals surface area (Å²) in [6, 6.07) is 0. The maximum absolute atomic E-state index is 2.53. The molecule has 1 fully saturated rings. The van der Waals surface area contributed by atoms with E-state index in [4.69, 9.17) is 0 Å². The largest absolute Gasteiger partial charge is 0.0884 e. The standard InChI is InChI=1S/C14H22/c1-3-11(2)14-8-6-13(7-9-14)10-12-4-5-12/h3,6,12,14H,4-5,7-10H2,1-2H3. The van der Waals surface area contributed by atoms with E-state index in [-0.39, 0.29) is 0 Å². The summed E-state index contributed by atoms with van der Waals surface area (Å²) in [4.78, 5) is 0. The molecule has 2 aliphatic rings. The molecule has 1 saturated carbocycles. The van der Waals surface area contributed by atoms with Gasteiger partial charge in [0.15, 0.2) is 0 Å². The first-order valence-electron chi connectivity index (χ1n) is 6.10. The Morgan fingerprint density at radius 3 is 2.71 bits per heavy atom. The van der Waals surface area contributed by atoms with E-state index in [1.807, 2.05) is 0 Å². The van der Waals surface area contributed by atoms with E-state index >= 15 is 0 Å². The zero-order valence-corrected chi connectivity index (χ0v) is 9.55. The molecule has 0 N–H and O–H groups in total. The molecule has 2 rings (SSSR count). The van der Waals surface area contributed by atoms with Crippen LogP contribution in [0.15, 0.2) is 23.3 Å². The maximum atomic E-state index is 2.53. The second kappa shape index (κ2) is 4.33. The van der Waals surface area contributed by atoms with Crippen LogP contribution in [0.5, 0.6) is 0 Å². The van der Waals surface area contributed by atoms with Gasteiger partial charge in [0.1, 0.15) is 0 Å². The van der Waals surface area contributed by atoms with Crippen LogP contribution in [0.4, 0.5) is 0 Å². The summed E-state index contributed by atoms with van der Waals surface area (Å²) in [6.07, 6.45) is 13.3. The molecule has 0 aromatic carbocycles. The Hall–Kier alpha value is -0.520. The van der Waals surface area contributed by atoms with Crippen molar-refractivity contribution in [2.75, 3.05) is 0 Å². The molecule has 0 nitrogen and oxygen atoms in total. The predicted molar refractivity (Wildman–Crippen MR) is 62.2 cm³/mol. The normalized spacial score (nSPS) is 28.9. The Labute approximate surface area is 88.1 Å². The second-order valence-electron chi connectivity index (χ2n) is 5.01. The first kappa shape index (κ1) is 10.0. The van der Waals surface area contributed by atoms with Gasteiger partial charge in [0.25, 0.3) is 0 Å². The van der Waals surface area contributed by atoms with Crippen molar-refractivity contribution in [3.63, 3.8) is 0 Å². The third-order valence-corrected chi connectivity index (χ3v) is 3.85. The molecule has 0 aromatic rings. The molecule has 0 spiro atoms. The van der Waals surface area contributed by atoms with Gasteiger partial charge < -0.3 is 0 Å². The van der Waals surface area contributed by atoms with Crippen LogP contribution in [0.3, 0.4) is 0 Å². The summed E-state index contributed by atoms with van der Waals surface area (Å²) in [5.41, 5.74) is 3.35. The molecule has 14 heavy (non-hydrogen) atoms. The van der Waals surface area contributed by atoms with Crippen molar-refractivity contribution in [2.24, 2.45) is 11.8 Å². The van der Waals surface area contributed by atoms with E-state index in [1.165, 1.54) is 38.5 Å². The molecular weight excluding hydrogens is 168 g/mol. The van der Waals surface area contributed by atoms with E-state index < -0.39 is 0 Å². The number of hydrogen-bond acceptors (Lipinski definition) is 0. The van der Waals surface area contributed by atoms with Crippen molar-refractivity contribution in [1.82, 2.24) is 0 Å². The van der Waals surface area contributed by atoms with Crippen LogP contribution in [0.25, 0.3) is 0 Å². The number of hydrogen-bond donors (Lipinski definition) is 0. The minimum Gasteiger partial charge on any atom is -0.0884 e. The molecule has 1 unspecified atom stereocenters. The highest BCUT2D eigenvalue weighted by Crippen LogP contribution is 2.39. The number of rotatable bonds is 3. The van der Waals surface area contributed by atoms with Crippen LogP contribution in [-0.4, -0.2) is 0 Å². The van der Waals surface area contributed by atoms with Gasteiger partial charge in [-0.3, -0.25) is 0 Å². The van der Waals surface area contributed by atoms with Gasteiger partial charge in [0, 0.05) is 0 Å². The lowest BCUT2D eigenvalue weighted by Crippen LogP contribution is -2.07. The van der Waals surface area contributed by atoms with Gasteiger partial charge >= 0.3 is 0 Å². The Morgan fingerprint density at radius 1 is 1.43 bits per heavy atom. The Kier molecular flexibility index (Phi) is 3.10. The molecule has 0 aliphatic heterocycles. The smallest absolute Gasteiger partial charge is 0.0168 e. The molecule has 0 aromatic heterocycles. The quantitative estimate of drug-likeness (QED) is 0.576. The Balaban J connectivity index is 1.85. The second-order valence-corrected chi connectivity index (χ2v) is 5.01. The first-order valence-corrected chi connectivity index (χ1v) is 6.10. The minimum absolute atomic E-state index is 0.850. The fraction of sp³-hybridized carbons (Fsp3) is 0.714. The molecule has 0 amide bonds. The van der Waals surface area contributed by atoms with Crippen molar-refractivity contribution < 1.29 is 0 Å². The Bertz CT molecular complexity index is 253. The fourth-order valence-electron chi connectivity index (χ4n) is 2.42. The fourth-order valence-corrected chi connectivity index (χ4v) is 2.42. The van der Waals surface area contributed by atoms with E-state index in [9.17, 15) is 0 Å². The zero-order chi connectivity index (χ0) is 9.97. The van der Waals surface area contributed by atoms with Crippen molar-refractivity contribution in [3.05, 3.63) is 23.3 Å². The summed E-state index contributed by atoms with van der Waals surface area (Å²) in [5.74, 6) is 1.92. The topological polar surface area (TPSA) is 0 Å². The summed E-state index contributed by atoms with van der Waals surface area (Å²) in [6.45, 7) is 4.45. The molecule has 0 radical (unpaired) electrons. The molecule has 2 aliphatic carbocycles. The summed E-state index contributed by atoms with van der Waals surface area (Å²) in [7, 11) is 0. The minimum atomic E-state index is 0.850. The molecule has 0 bridgehead atoms. The van der Waals surface area contributed by atoms with Crippen molar-refractivity contribution in [2.45, 2.75) is 52.4 Å². The van der Waals surface area contributed by atoms with E-state index in [0.717, 1.165) is 11.8 Å². The van der Waals surface area contributed by atoms with Gasteiger partial charge in [-0.15, -0.1) is 0 Å².